The largest absolute Gasteiger partial charge is 0.486 e. The molecular weight excluding hydrogens is 540 g/mol. The lowest BCUT2D eigenvalue weighted by molar-refractivity contribution is -0.159. The molecule has 0 unspecified atom stereocenters. The number of carbonyl (C=O) groups excluding carboxylic acids is 1. The van der Waals surface area contributed by atoms with Crippen LogP contribution in [-0.4, -0.2) is 80.7 Å². The summed E-state index contributed by atoms with van der Waals surface area (Å²) in [4.78, 5) is 41.6. The van der Waals surface area contributed by atoms with E-state index in [1.54, 1.807) is 6.07 Å². The molecule has 1 amide bonds. The highest BCUT2D eigenvalue weighted by Gasteiger charge is 2.36. The van der Waals surface area contributed by atoms with Crippen LogP contribution in [0.3, 0.4) is 0 Å². The van der Waals surface area contributed by atoms with Crippen molar-refractivity contribution >= 4 is 52.1 Å². The number of amides is 1. The highest BCUT2D eigenvalue weighted by atomic mass is 35.5. The molecule has 2 aromatic carbocycles. The van der Waals surface area contributed by atoms with Crippen molar-refractivity contribution in [3.8, 4) is 5.75 Å². The first kappa shape index (κ1) is 29.0. The molecule has 214 valence electrons. The molecule has 1 fully saturated rings. The minimum Gasteiger partial charge on any atom is -0.486 e. The van der Waals surface area contributed by atoms with E-state index in [2.05, 4.69) is 25.5 Å². The number of H-pyrrole nitrogens is 1. The Morgan fingerprint density at radius 1 is 1.20 bits per heavy atom. The van der Waals surface area contributed by atoms with Crippen molar-refractivity contribution in [1.29, 1.82) is 0 Å². The number of piperidine rings is 1. The molecule has 12 nitrogen and oxygen atoms in total. The molecule has 0 radical (unpaired) electrons. The van der Waals surface area contributed by atoms with Gasteiger partial charge < -0.3 is 41.2 Å². The van der Waals surface area contributed by atoms with E-state index in [0.29, 0.717) is 28.4 Å². The average Bonchev–Trinajstić information content (AvgIpc) is 3.47. The smallest absolute Gasteiger partial charge is 0.414 e. The molecule has 2 aliphatic rings. The molecule has 3 aromatic rings. The Labute approximate surface area is 235 Å². The number of fused-ring (bicyclic) bond motifs is 2. The summed E-state index contributed by atoms with van der Waals surface area (Å²) in [6, 6.07) is 9.75. The Morgan fingerprint density at radius 3 is 2.52 bits per heavy atom. The average molecular weight is 573 g/mol. The van der Waals surface area contributed by atoms with Crippen molar-refractivity contribution in [2.75, 3.05) is 37.2 Å². The number of benzene rings is 2. The van der Waals surface area contributed by atoms with E-state index >= 15 is 0 Å². The summed E-state index contributed by atoms with van der Waals surface area (Å²) in [5.74, 6) is -2.44. The van der Waals surface area contributed by atoms with E-state index in [4.69, 9.17) is 41.9 Å². The first-order valence-electron chi connectivity index (χ1n) is 12.9. The first-order valence-corrected chi connectivity index (χ1v) is 13.3. The number of hydrogen-bond acceptors (Lipinski definition) is 8. The third-order valence-corrected chi connectivity index (χ3v) is 7.13. The van der Waals surface area contributed by atoms with Crippen molar-refractivity contribution in [3.63, 3.8) is 0 Å². The maximum Gasteiger partial charge on any atom is 0.414 e. The fourth-order valence-electron chi connectivity index (χ4n) is 4.83. The number of nitrogens with one attached hydrogen (secondary N) is 3. The van der Waals surface area contributed by atoms with Gasteiger partial charge in [-0.2, -0.15) is 0 Å². The molecule has 2 aliphatic heterocycles. The number of nitrogens with two attached hydrogens (primary N) is 1. The lowest BCUT2D eigenvalue weighted by Crippen LogP contribution is -2.45. The fourth-order valence-corrected chi connectivity index (χ4v) is 5.05. The third-order valence-electron chi connectivity index (χ3n) is 6.81. The van der Waals surface area contributed by atoms with Gasteiger partial charge in [-0.25, -0.2) is 14.6 Å². The maximum absolute atomic E-state index is 13.1. The summed E-state index contributed by atoms with van der Waals surface area (Å²) < 4.78 is 6.07. The molecule has 5 rings (SSSR count). The number of ether oxygens (including phenoxy) is 1. The van der Waals surface area contributed by atoms with Crippen molar-refractivity contribution < 1.29 is 29.3 Å². The van der Waals surface area contributed by atoms with Gasteiger partial charge in [-0.15, -0.1) is 0 Å². The van der Waals surface area contributed by atoms with Gasteiger partial charge in [0.25, 0.3) is 5.91 Å². The Bertz CT molecular complexity index is 1370. The second-order valence-corrected chi connectivity index (χ2v) is 10.8. The van der Waals surface area contributed by atoms with Crippen LogP contribution in [0.1, 0.15) is 42.6 Å². The molecule has 0 aliphatic carbocycles. The van der Waals surface area contributed by atoms with Crippen molar-refractivity contribution in [3.05, 3.63) is 46.5 Å². The third kappa shape index (κ3) is 6.93. The molecule has 7 N–H and O–H groups in total. The molecule has 1 saturated heterocycles. The van der Waals surface area contributed by atoms with Crippen molar-refractivity contribution in [1.82, 2.24) is 20.2 Å². The van der Waals surface area contributed by atoms with Crippen LogP contribution in [0.2, 0.25) is 5.02 Å². The topological polar surface area (TPSA) is 183 Å². The number of aromatic amines is 1. The number of nitrogen functional groups attached to an aromatic ring is 1. The van der Waals surface area contributed by atoms with Crippen molar-refractivity contribution in [2.45, 2.75) is 44.8 Å². The highest BCUT2D eigenvalue weighted by molar-refractivity contribution is 6.34. The van der Waals surface area contributed by atoms with E-state index in [1.807, 2.05) is 38.1 Å². The van der Waals surface area contributed by atoms with Crippen LogP contribution < -0.4 is 21.1 Å². The first-order chi connectivity index (χ1) is 18.9. The van der Waals surface area contributed by atoms with Crippen LogP contribution in [0.15, 0.2) is 30.3 Å². The minimum atomic E-state index is -1.82. The number of carbonyl (C=O) groups is 3. The van der Waals surface area contributed by atoms with E-state index in [-0.39, 0.29) is 11.9 Å². The van der Waals surface area contributed by atoms with Gasteiger partial charge >= 0.3 is 11.9 Å². The number of nitrogens with zero attached hydrogens (tertiary/aromatic N) is 2. The summed E-state index contributed by atoms with van der Waals surface area (Å²) in [7, 11) is 0. The summed E-state index contributed by atoms with van der Waals surface area (Å²) >= 11 is 6.33. The monoisotopic (exact) mass is 572 g/mol. The van der Waals surface area contributed by atoms with Crippen LogP contribution in [0.5, 0.6) is 5.75 Å². The van der Waals surface area contributed by atoms with E-state index in [9.17, 15) is 4.79 Å². The van der Waals surface area contributed by atoms with Crippen LogP contribution in [0.4, 0.5) is 11.6 Å². The number of anilines is 2. The molecule has 13 heteroatoms. The lowest BCUT2D eigenvalue weighted by Gasteiger charge is -2.32. The quantitative estimate of drug-likeness (QED) is 0.190. The summed E-state index contributed by atoms with van der Waals surface area (Å²) in [6.07, 6.45) is 2.43. The Morgan fingerprint density at radius 2 is 1.88 bits per heavy atom. The Kier molecular flexibility index (Phi) is 8.70. The van der Waals surface area contributed by atoms with Gasteiger partial charge in [0.2, 0.25) is 5.95 Å². The highest BCUT2D eigenvalue weighted by Crippen LogP contribution is 2.44. The molecule has 0 atom stereocenters. The van der Waals surface area contributed by atoms with E-state index in [0.717, 1.165) is 61.6 Å². The number of hydrogen-bond donors (Lipinski definition) is 6. The molecule has 0 bridgehead atoms. The second kappa shape index (κ2) is 12.0. The predicted octanol–water partition coefficient (Wildman–Crippen LogP) is 2.97. The van der Waals surface area contributed by atoms with E-state index < -0.39 is 17.5 Å². The molecule has 1 aromatic heterocycles. The Balaban J connectivity index is 0.000000557. The van der Waals surface area contributed by atoms with Gasteiger partial charge in [-0.05, 0) is 44.9 Å². The fraction of sp³-hybridized carbons (Fsp3) is 0.407. The van der Waals surface area contributed by atoms with Gasteiger partial charge in [-0.1, -0.05) is 23.7 Å². The molecule has 3 heterocycles. The standard InChI is InChI=1S/C25H31ClN6O2.C2H2O4/c1-25(2)14-17-21(27)18(26)13-16(22(17)34-25)23(33)29-15-7-10-32(11-8-15)12-9-28-24-30-19-5-3-4-6-20(19)31-24;3-1(4)2(5)6/h3-6,13,15H,7-12,14,27H2,1-2H3,(H,29,33)(H2,28,30,31);(H,3,4)(H,5,6). The number of aromatic nitrogens is 2. The maximum atomic E-state index is 13.1. The number of rotatable bonds is 6. The molecule has 40 heavy (non-hydrogen) atoms. The number of imidazole rings is 1. The summed E-state index contributed by atoms with van der Waals surface area (Å²) in [6.45, 7) is 7.55. The van der Waals surface area contributed by atoms with Crippen LogP contribution >= 0.6 is 11.6 Å². The van der Waals surface area contributed by atoms with Gasteiger partial charge in [0.15, 0.2) is 0 Å². The number of halogens is 1. The summed E-state index contributed by atoms with van der Waals surface area (Å²) in [5, 5.41) is 21.7. The summed E-state index contributed by atoms with van der Waals surface area (Å²) in [5.41, 5.74) is 9.55. The zero-order chi connectivity index (χ0) is 29.0. The zero-order valence-electron chi connectivity index (χ0n) is 22.3. The lowest BCUT2D eigenvalue weighted by atomic mass is 9.98. The SMILES string of the molecule is CC1(C)Cc2c(N)c(Cl)cc(C(=O)NC3CCN(CCNc4nc5ccccc5[nH]4)CC3)c2O1.O=C(O)C(=O)O. The van der Waals surface area contributed by atoms with Gasteiger partial charge in [0.05, 0.1) is 27.3 Å². The number of carboxylic acids is 2. The van der Waals surface area contributed by atoms with Gasteiger partial charge in [0, 0.05) is 44.2 Å². The van der Waals surface area contributed by atoms with Gasteiger partial charge in [-0.3, -0.25) is 4.79 Å². The normalized spacial score (nSPS) is 16.4. The number of carboxylic acid groups (broad SMARTS) is 2. The van der Waals surface area contributed by atoms with Crippen LogP contribution in [0.25, 0.3) is 11.0 Å². The molecule has 0 saturated carbocycles. The second-order valence-electron chi connectivity index (χ2n) is 10.4. The van der Waals surface area contributed by atoms with Crippen LogP contribution in [0, 0.1) is 0 Å². The van der Waals surface area contributed by atoms with E-state index in [1.165, 1.54) is 0 Å². The minimum absolute atomic E-state index is 0.119. The Hall–Kier alpha value is -4.03. The number of likely N-dealkylation sites (tertiary alicyclic amines) is 1. The number of para-hydroxylation sites is 2. The number of aliphatic carboxylic acids is 2. The van der Waals surface area contributed by atoms with Crippen molar-refractivity contribution in [2.24, 2.45) is 0 Å². The predicted molar refractivity (Wildman–Crippen MR) is 151 cm³/mol. The van der Waals surface area contributed by atoms with Crippen LogP contribution in [-0.2, 0) is 16.0 Å². The van der Waals surface area contributed by atoms with Gasteiger partial charge in [0.1, 0.15) is 11.4 Å². The molecular formula is C27H33ClN6O6. The zero-order valence-corrected chi connectivity index (χ0v) is 23.0. The molecule has 0 spiro atoms.